The lowest BCUT2D eigenvalue weighted by Gasteiger charge is -2.19. The molecule has 0 amide bonds. The van der Waals surface area contributed by atoms with E-state index in [1.165, 1.54) is 11.3 Å². The second-order valence-electron chi connectivity index (χ2n) is 8.52. The number of unbranched alkanes of at least 4 members (excludes halogenated alkanes) is 2. The Morgan fingerprint density at radius 3 is 2.83 bits per heavy atom. The highest BCUT2D eigenvalue weighted by atomic mass is 127. The molecule has 3 N–H and O–H groups in total. The zero-order chi connectivity index (χ0) is 25.1. The second-order valence-corrected chi connectivity index (χ2v) is 10.7. The summed E-state index contributed by atoms with van der Waals surface area (Å²) in [5, 5.41) is 26.3. The van der Waals surface area contributed by atoms with Crippen LogP contribution in [0, 0.1) is 15.4 Å². The van der Waals surface area contributed by atoms with Gasteiger partial charge in [-0.3, -0.25) is 4.57 Å². The summed E-state index contributed by atoms with van der Waals surface area (Å²) in [5.74, 6) is 7.79. The Kier molecular flexibility index (Phi) is 7.83. The molecular weight excluding hydrogens is 589 g/mol. The monoisotopic (exact) mass is 615 g/mol. The Balaban J connectivity index is 1.64. The molecule has 1 fully saturated rings. The van der Waals surface area contributed by atoms with Gasteiger partial charge in [0.05, 0.1) is 11.5 Å². The van der Waals surface area contributed by atoms with Gasteiger partial charge in [0, 0.05) is 16.5 Å². The van der Waals surface area contributed by atoms with Crippen LogP contribution in [0.3, 0.4) is 0 Å². The number of aliphatic hydroxyl groups excluding tert-OH is 2. The molecule has 10 heteroatoms. The molecule has 0 saturated carbocycles. The molecule has 0 aliphatic carbocycles. The third-order valence-electron chi connectivity index (χ3n) is 5.86. The minimum absolute atomic E-state index is 0.0297. The van der Waals surface area contributed by atoms with Crippen molar-refractivity contribution in [2.45, 2.75) is 51.2 Å². The predicted molar refractivity (Wildman–Crippen MR) is 149 cm³/mol. The van der Waals surface area contributed by atoms with Crippen molar-refractivity contribution >= 4 is 50.9 Å². The minimum atomic E-state index is -1.11. The van der Waals surface area contributed by atoms with E-state index < -0.39 is 18.4 Å². The van der Waals surface area contributed by atoms with E-state index in [0.717, 1.165) is 33.3 Å². The molecule has 0 spiro atoms. The van der Waals surface area contributed by atoms with Crippen LogP contribution in [0.1, 0.15) is 43.8 Å². The maximum absolute atomic E-state index is 10.7. The average Bonchev–Trinajstić information content (AvgIpc) is 3.60. The standard InChI is InChI=1S/C26H26IN5O3S/c1-2-3-4-5-11-20-29-23(28-14-16-8-6-9-17(27)13-16)21-25(30-20)32(26-22(34)18(33)15-35-26)24(31-21)19-10-7-12-36-19/h6-10,12-13,18,22,26,33-34H,2-4,14-15H2,1H3,(H,28,29,30)/t18-,22-,26+/m1/s1. The molecule has 5 rings (SSSR count). The van der Waals surface area contributed by atoms with Gasteiger partial charge in [-0.15, -0.1) is 11.3 Å². The third kappa shape index (κ3) is 5.26. The molecule has 1 aromatic carbocycles. The van der Waals surface area contributed by atoms with Crippen molar-refractivity contribution in [2.24, 2.45) is 0 Å². The first kappa shape index (κ1) is 25.1. The number of hydrogen-bond donors (Lipinski definition) is 3. The molecule has 1 aliphatic heterocycles. The van der Waals surface area contributed by atoms with Crippen molar-refractivity contribution in [1.29, 1.82) is 0 Å². The molecule has 36 heavy (non-hydrogen) atoms. The second kappa shape index (κ2) is 11.2. The largest absolute Gasteiger partial charge is 0.388 e. The van der Waals surface area contributed by atoms with Gasteiger partial charge >= 0.3 is 0 Å². The number of anilines is 1. The van der Waals surface area contributed by atoms with Crippen molar-refractivity contribution in [3.05, 3.63) is 56.7 Å². The molecule has 186 valence electrons. The predicted octanol–water partition coefficient (Wildman–Crippen LogP) is 4.56. The first-order valence-electron chi connectivity index (χ1n) is 11.8. The molecule has 8 nitrogen and oxygen atoms in total. The van der Waals surface area contributed by atoms with E-state index in [2.05, 4.69) is 58.8 Å². The summed E-state index contributed by atoms with van der Waals surface area (Å²) < 4.78 is 8.73. The van der Waals surface area contributed by atoms with Gasteiger partial charge in [-0.2, -0.15) is 0 Å². The highest BCUT2D eigenvalue weighted by Crippen LogP contribution is 2.36. The van der Waals surface area contributed by atoms with Gasteiger partial charge in [-0.25, -0.2) is 15.0 Å². The highest BCUT2D eigenvalue weighted by molar-refractivity contribution is 14.1. The van der Waals surface area contributed by atoms with Gasteiger partial charge in [0.2, 0.25) is 5.82 Å². The summed E-state index contributed by atoms with van der Waals surface area (Å²) in [6, 6.07) is 12.1. The van der Waals surface area contributed by atoms with Gasteiger partial charge in [-0.1, -0.05) is 37.5 Å². The van der Waals surface area contributed by atoms with E-state index in [9.17, 15) is 10.2 Å². The molecular formula is C26H26IN5O3S. The molecule has 1 aliphatic rings. The summed E-state index contributed by atoms with van der Waals surface area (Å²) in [5.41, 5.74) is 2.16. The fourth-order valence-corrected chi connectivity index (χ4v) is 5.34. The van der Waals surface area contributed by atoms with Crippen LogP contribution in [0.15, 0.2) is 41.8 Å². The zero-order valence-electron chi connectivity index (χ0n) is 19.7. The minimum Gasteiger partial charge on any atom is -0.388 e. The molecule has 0 unspecified atom stereocenters. The number of nitrogens with zero attached hydrogens (tertiary/aromatic N) is 4. The van der Waals surface area contributed by atoms with E-state index in [4.69, 9.17) is 19.7 Å². The number of halogens is 1. The maximum Gasteiger partial charge on any atom is 0.208 e. The van der Waals surface area contributed by atoms with E-state index in [1.54, 1.807) is 4.57 Å². The van der Waals surface area contributed by atoms with Crippen molar-refractivity contribution in [2.75, 3.05) is 11.9 Å². The van der Waals surface area contributed by atoms with Crippen LogP contribution < -0.4 is 5.32 Å². The van der Waals surface area contributed by atoms with Gasteiger partial charge in [0.1, 0.15) is 12.2 Å². The third-order valence-corrected chi connectivity index (χ3v) is 7.40. The Labute approximate surface area is 226 Å². The summed E-state index contributed by atoms with van der Waals surface area (Å²) in [4.78, 5) is 15.2. The summed E-state index contributed by atoms with van der Waals surface area (Å²) in [6.45, 7) is 2.71. The van der Waals surface area contributed by atoms with E-state index in [-0.39, 0.29) is 6.61 Å². The number of thiophene rings is 1. The average molecular weight is 615 g/mol. The fraction of sp³-hybridized carbons (Fsp3) is 0.346. The topological polar surface area (TPSA) is 105 Å². The smallest absolute Gasteiger partial charge is 0.208 e. The number of aliphatic hydroxyl groups is 2. The van der Waals surface area contributed by atoms with Crippen molar-refractivity contribution in [1.82, 2.24) is 19.5 Å². The number of hydrogen-bond acceptors (Lipinski definition) is 8. The maximum atomic E-state index is 10.7. The molecule has 3 atom stereocenters. The summed E-state index contributed by atoms with van der Waals surface area (Å²) in [7, 11) is 0. The fourth-order valence-electron chi connectivity index (χ4n) is 4.02. The first-order chi connectivity index (χ1) is 17.5. The normalized spacial score (nSPS) is 19.4. The number of imidazole rings is 1. The molecule has 0 radical (unpaired) electrons. The Hall–Kier alpha value is -2.56. The SMILES string of the molecule is CCCCC#Cc1nc(NCc2cccc(I)c2)c2nc(-c3cccs3)n([C@H]3OC[C@@H](O)[C@H]3O)c2n1. The van der Waals surface area contributed by atoms with Gasteiger partial charge in [-0.05, 0) is 64.1 Å². The highest BCUT2D eigenvalue weighted by Gasteiger charge is 2.39. The van der Waals surface area contributed by atoms with Crippen LogP contribution in [0.2, 0.25) is 0 Å². The van der Waals surface area contributed by atoms with E-state index in [0.29, 0.717) is 35.2 Å². The summed E-state index contributed by atoms with van der Waals surface area (Å²) in [6.07, 6.45) is -0.100. The number of nitrogens with one attached hydrogen (secondary N) is 1. The van der Waals surface area contributed by atoms with Crippen LogP contribution in [-0.4, -0.2) is 48.5 Å². The van der Waals surface area contributed by atoms with Crippen molar-refractivity contribution in [3.63, 3.8) is 0 Å². The first-order valence-corrected chi connectivity index (χ1v) is 13.8. The molecule has 3 aromatic heterocycles. The Morgan fingerprint density at radius 1 is 1.22 bits per heavy atom. The van der Waals surface area contributed by atoms with Crippen LogP contribution >= 0.6 is 33.9 Å². The molecule has 1 saturated heterocycles. The Bertz CT molecular complexity index is 1410. The number of ether oxygens (including phenoxy) is 1. The van der Waals surface area contributed by atoms with Gasteiger partial charge < -0.3 is 20.3 Å². The van der Waals surface area contributed by atoms with Crippen LogP contribution in [0.4, 0.5) is 5.82 Å². The van der Waals surface area contributed by atoms with Crippen molar-refractivity contribution in [3.8, 4) is 22.5 Å². The van der Waals surface area contributed by atoms with Crippen molar-refractivity contribution < 1.29 is 14.9 Å². The van der Waals surface area contributed by atoms with Gasteiger partial charge in [0.15, 0.2) is 29.0 Å². The molecule has 4 aromatic rings. The van der Waals surface area contributed by atoms with Gasteiger partial charge in [0.25, 0.3) is 0 Å². The number of benzene rings is 1. The number of rotatable bonds is 7. The van der Waals surface area contributed by atoms with Crippen LogP contribution in [0.25, 0.3) is 21.9 Å². The molecule has 4 heterocycles. The van der Waals surface area contributed by atoms with Crippen LogP contribution in [0.5, 0.6) is 0 Å². The number of fused-ring (bicyclic) bond motifs is 1. The Morgan fingerprint density at radius 2 is 2.11 bits per heavy atom. The van der Waals surface area contributed by atoms with Crippen LogP contribution in [-0.2, 0) is 11.3 Å². The quantitative estimate of drug-likeness (QED) is 0.159. The molecule has 0 bridgehead atoms. The lowest BCUT2D eigenvalue weighted by molar-refractivity contribution is -0.0152. The lowest BCUT2D eigenvalue weighted by atomic mass is 10.2. The van der Waals surface area contributed by atoms with E-state index in [1.807, 2.05) is 29.6 Å². The lowest BCUT2D eigenvalue weighted by Crippen LogP contribution is -2.28. The number of aromatic nitrogens is 4. The summed E-state index contributed by atoms with van der Waals surface area (Å²) >= 11 is 3.82. The zero-order valence-corrected chi connectivity index (χ0v) is 22.7. The van der Waals surface area contributed by atoms with E-state index >= 15 is 0 Å².